The molecular formula is C13H13BrO2S. The van der Waals surface area contributed by atoms with Crippen LogP contribution >= 0.6 is 27.3 Å². The first-order valence-corrected chi connectivity index (χ1v) is 6.91. The van der Waals surface area contributed by atoms with E-state index in [1.807, 2.05) is 35.9 Å². The van der Waals surface area contributed by atoms with Gasteiger partial charge in [-0.15, -0.1) is 0 Å². The zero-order valence-corrected chi connectivity index (χ0v) is 12.0. The van der Waals surface area contributed by atoms with Crippen molar-refractivity contribution in [3.63, 3.8) is 0 Å². The first-order chi connectivity index (χ1) is 8.13. The summed E-state index contributed by atoms with van der Waals surface area (Å²) in [5.74, 6) is 0.700. The molecule has 0 aliphatic rings. The first-order valence-electron chi connectivity index (χ1n) is 5.17. The Morgan fingerprint density at radius 3 is 2.65 bits per heavy atom. The lowest BCUT2D eigenvalue weighted by Gasteiger charge is -2.15. The smallest absolute Gasteiger partial charge is 0.125 e. The Bertz CT molecular complexity index is 522. The molecule has 0 aliphatic heterocycles. The normalized spacial score (nSPS) is 12.5. The SMILES string of the molecule is COc1ccc(Br)cc1C(O)c1cscc1C. The van der Waals surface area contributed by atoms with Crippen LogP contribution in [0.4, 0.5) is 0 Å². The number of aliphatic hydroxyl groups is 1. The van der Waals surface area contributed by atoms with Crippen molar-refractivity contribution in [3.05, 3.63) is 50.1 Å². The Morgan fingerprint density at radius 1 is 1.29 bits per heavy atom. The molecule has 17 heavy (non-hydrogen) atoms. The number of aryl methyl sites for hydroxylation is 1. The quantitative estimate of drug-likeness (QED) is 0.931. The Labute approximate surface area is 113 Å². The van der Waals surface area contributed by atoms with Crippen LogP contribution in [0.1, 0.15) is 22.8 Å². The molecule has 0 bridgehead atoms. The molecule has 0 fully saturated rings. The molecule has 2 rings (SSSR count). The van der Waals surface area contributed by atoms with Crippen LogP contribution in [-0.2, 0) is 0 Å². The van der Waals surface area contributed by atoms with E-state index in [-0.39, 0.29) is 0 Å². The van der Waals surface area contributed by atoms with Crippen molar-refractivity contribution in [2.24, 2.45) is 0 Å². The van der Waals surface area contributed by atoms with E-state index in [0.717, 1.165) is 21.2 Å². The number of methoxy groups -OCH3 is 1. The number of thiophene rings is 1. The molecule has 0 saturated heterocycles. The Kier molecular flexibility index (Phi) is 3.86. The molecule has 0 amide bonds. The number of aliphatic hydroxyl groups excluding tert-OH is 1. The highest BCUT2D eigenvalue weighted by molar-refractivity contribution is 9.10. The van der Waals surface area contributed by atoms with Crippen molar-refractivity contribution >= 4 is 27.3 Å². The van der Waals surface area contributed by atoms with Crippen molar-refractivity contribution in [2.45, 2.75) is 13.0 Å². The van der Waals surface area contributed by atoms with Gasteiger partial charge in [0.1, 0.15) is 11.9 Å². The predicted octanol–water partition coefficient (Wildman–Crippen LogP) is 3.91. The van der Waals surface area contributed by atoms with E-state index >= 15 is 0 Å². The number of rotatable bonds is 3. The summed E-state index contributed by atoms with van der Waals surface area (Å²) in [7, 11) is 1.61. The fraction of sp³-hybridized carbons (Fsp3) is 0.231. The molecule has 2 nitrogen and oxygen atoms in total. The average molecular weight is 313 g/mol. The Hall–Kier alpha value is -0.840. The second-order valence-corrected chi connectivity index (χ2v) is 5.46. The second kappa shape index (κ2) is 5.21. The maximum atomic E-state index is 10.4. The third kappa shape index (κ3) is 2.54. The Balaban J connectivity index is 2.46. The minimum atomic E-state index is -0.645. The molecule has 1 aromatic carbocycles. The van der Waals surface area contributed by atoms with Crippen LogP contribution in [0, 0.1) is 6.92 Å². The van der Waals surface area contributed by atoms with Gasteiger partial charge in [0, 0.05) is 10.0 Å². The summed E-state index contributed by atoms with van der Waals surface area (Å²) in [6, 6.07) is 5.64. The van der Waals surface area contributed by atoms with Gasteiger partial charge in [0.25, 0.3) is 0 Å². The van der Waals surface area contributed by atoms with Gasteiger partial charge in [0.2, 0.25) is 0 Å². The molecule has 1 N–H and O–H groups in total. The zero-order chi connectivity index (χ0) is 12.4. The fourth-order valence-electron chi connectivity index (χ4n) is 1.74. The lowest BCUT2D eigenvalue weighted by Crippen LogP contribution is -2.02. The maximum Gasteiger partial charge on any atom is 0.125 e. The fourth-order valence-corrected chi connectivity index (χ4v) is 2.99. The summed E-state index contributed by atoms with van der Waals surface area (Å²) >= 11 is 5.01. The van der Waals surface area contributed by atoms with E-state index in [1.54, 1.807) is 18.4 Å². The van der Waals surface area contributed by atoms with Crippen LogP contribution in [0.15, 0.2) is 33.4 Å². The van der Waals surface area contributed by atoms with Crippen LogP contribution in [0.5, 0.6) is 5.75 Å². The van der Waals surface area contributed by atoms with Gasteiger partial charge in [-0.25, -0.2) is 0 Å². The number of hydrogen-bond acceptors (Lipinski definition) is 3. The third-order valence-corrected chi connectivity index (χ3v) is 4.05. The molecule has 4 heteroatoms. The van der Waals surface area contributed by atoms with E-state index in [9.17, 15) is 5.11 Å². The maximum absolute atomic E-state index is 10.4. The third-order valence-electron chi connectivity index (χ3n) is 2.68. The molecular weight excluding hydrogens is 300 g/mol. The monoisotopic (exact) mass is 312 g/mol. The number of ether oxygens (including phenoxy) is 1. The van der Waals surface area contributed by atoms with Crippen molar-refractivity contribution in [1.29, 1.82) is 0 Å². The second-order valence-electron chi connectivity index (χ2n) is 3.80. The van der Waals surface area contributed by atoms with Crippen molar-refractivity contribution in [3.8, 4) is 5.75 Å². The number of hydrogen-bond donors (Lipinski definition) is 1. The van der Waals surface area contributed by atoms with E-state index in [1.165, 1.54) is 0 Å². The lowest BCUT2D eigenvalue weighted by molar-refractivity contribution is 0.214. The highest BCUT2D eigenvalue weighted by Gasteiger charge is 2.18. The molecule has 1 unspecified atom stereocenters. The minimum absolute atomic E-state index is 0.645. The molecule has 1 aromatic heterocycles. The highest BCUT2D eigenvalue weighted by atomic mass is 79.9. The summed E-state index contributed by atoms with van der Waals surface area (Å²) in [5.41, 5.74) is 2.82. The van der Waals surface area contributed by atoms with Gasteiger partial charge in [0.15, 0.2) is 0 Å². The summed E-state index contributed by atoms with van der Waals surface area (Å²) < 4.78 is 6.21. The predicted molar refractivity (Wildman–Crippen MR) is 73.8 cm³/mol. The van der Waals surface area contributed by atoms with E-state index < -0.39 is 6.10 Å². The molecule has 0 radical (unpaired) electrons. The van der Waals surface area contributed by atoms with Crippen LogP contribution < -0.4 is 4.74 Å². The summed E-state index contributed by atoms with van der Waals surface area (Å²) in [6.07, 6.45) is -0.645. The molecule has 0 spiro atoms. The average Bonchev–Trinajstić information content (AvgIpc) is 2.74. The molecule has 0 aliphatic carbocycles. The molecule has 0 saturated carbocycles. The summed E-state index contributed by atoms with van der Waals surface area (Å²) in [6.45, 7) is 2.00. The largest absolute Gasteiger partial charge is 0.496 e. The van der Waals surface area contributed by atoms with Crippen molar-refractivity contribution in [1.82, 2.24) is 0 Å². The van der Waals surface area contributed by atoms with E-state index in [4.69, 9.17) is 4.74 Å². The molecule has 2 aromatic rings. The molecule has 90 valence electrons. The standard InChI is InChI=1S/C13H13BrO2S/c1-8-6-17-7-11(8)13(15)10-5-9(14)3-4-12(10)16-2/h3-7,13,15H,1-2H3. The summed E-state index contributed by atoms with van der Waals surface area (Å²) in [5, 5.41) is 14.4. The molecule has 1 atom stereocenters. The first kappa shape index (κ1) is 12.6. The van der Waals surface area contributed by atoms with Gasteiger partial charge in [-0.3, -0.25) is 0 Å². The summed E-state index contributed by atoms with van der Waals surface area (Å²) in [4.78, 5) is 0. The topological polar surface area (TPSA) is 29.5 Å². The van der Waals surface area contributed by atoms with Gasteiger partial charge in [-0.2, -0.15) is 11.3 Å². The van der Waals surface area contributed by atoms with Gasteiger partial charge in [-0.1, -0.05) is 15.9 Å². The lowest BCUT2D eigenvalue weighted by atomic mass is 10.0. The van der Waals surface area contributed by atoms with Gasteiger partial charge in [-0.05, 0) is 47.0 Å². The highest BCUT2D eigenvalue weighted by Crippen LogP contribution is 2.34. The Morgan fingerprint density at radius 2 is 2.06 bits per heavy atom. The van der Waals surface area contributed by atoms with Crippen LogP contribution in [-0.4, -0.2) is 12.2 Å². The van der Waals surface area contributed by atoms with Crippen LogP contribution in [0.2, 0.25) is 0 Å². The van der Waals surface area contributed by atoms with Crippen LogP contribution in [0.3, 0.4) is 0 Å². The van der Waals surface area contributed by atoms with Crippen molar-refractivity contribution < 1.29 is 9.84 Å². The van der Waals surface area contributed by atoms with Gasteiger partial charge in [0.05, 0.1) is 7.11 Å². The number of benzene rings is 1. The molecule has 1 heterocycles. The zero-order valence-electron chi connectivity index (χ0n) is 9.61. The van der Waals surface area contributed by atoms with E-state index in [0.29, 0.717) is 5.75 Å². The van der Waals surface area contributed by atoms with E-state index in [2.05, 4.69) is 15.9 Å². The van der Waals surface area contributed by atoms with Gasteiger partial charge < -0.3 is 9.84 Å². The van der Waals surface area contributed by atoms with Crippen LogP contribution in [0.25, 0.3) is 0 Å². The minimum Gasteiger partial charge on any atom is -0.496 e. The van der Waals surface area contributed by atoms with Gasteiger partial charge >= 0.3 is 0 Å². The van der Waals surface area contributed by atoms with Crippen molar-refractivity contribution in [2.75, 3.05) is 7.11 Å². The number of halogens is 1.